The summed E-state index contributed by atoms with van der Waals surface area (Å²) < 4.78 is 6.55. The average molecular weight is 483 g/mol. The van der Waals surface area contributed by atoms with Crippen LogP contribution in [0.2, 0.25) is 0 Å². The van der Waals surface area contributed by atoms with Gasteiger partial charge in [0.2, 0.25) is 0 Å². The van der Waals surface area contributed by atoms with E-state index in [1.807, 2.05) is 19.9 Å². The molecule has 0 saturated heterocycles. The predicted octanol–water partition coefficient (Wildman–Crippen LogP) is 8.16. The molecular weight excluding hydrogens is 436 g/mol. The van der Waals surface area contributed by atoms with Crippen molar-refractivity contribution < 1.29 is 19.7 Å². The molecule has 0 radical (unpaired) electrons. The minimum atomic E-state index is -0.242. The molecule has 4 atom stereocenters. The summed E-state index contributed by atoms with van der Waals surface area (Å²) in [5, 5.41) is 22.2. The molecule has 35 heavy (non-hydrogen) atoms. The quantitative estimate of drug-likeness (QED) is 0.261. The van der Waals surface area contributed by atoms with Crippen LogP contribution in [0.1, 0.15) is 110 Å². The van der Waals surface area contributed by atoms with Crippen LogP contribution in [-0.2, 0) is 6.42 Å². The molecule has 3 rings (SSSR count). The molecule has 0 spiro atoms. The second-order valence-corrected chi connectivity index (χ2v) is 12.1. The van der Waals surface area contributed by atoms with Crippen LogP contribution in [0.4, 0.5) is 0 Å². The van der Waals surface area contributed by atoms with E-state index >= 15 is 0 Å². The van der Waals surface area contributed by atoms with Crippen LogP contribution < -0.4 is 4.74 Å². The van der Waals surface area contributed by atoms with Crippen LogP contribution in [0.3, 0.4) is 0 Å². The molecule has 2 aliphatic carbocycles. The fraction of sp³-hybridized carbons (Fsp3) is 0.645. The molecular formula is C31H46O4. The lowest BCUT2D eigenvalue weighted by atomic mass is 9.70. The standard InChI is InChI=1S/C31H46O4/c1-9-21(5)28(33)27-25(35-26-17-22-15-16-31(26,8)30(22,6)7)18-24(32)23(29(27)34)14-13-20(4)12-10-11-19(2)3/h11,13,18,21-22,26,32,34H,9-10,12,14-17H2,1-8H3. The fourth-order valence-electron chi connectivity index (χ4n) is 6.07. The maximum atomic E-state index is 13.4. The van der Waals surface area contributed by atoms with Crippen molar-refractivity contribution in [3.05, 3.63) is 40.5 Å². The van der Waals surface area contributed by atoms with E-state index in [-0.39, 0.29) is 45.7 Å². The van der Waals surface area contributed by atoms with Crippen molar-refractivity contribution in [2.75, 3.05) is 0 Å². The number of ketones is 1. The zero-order valence-electron chi connectivity index (χ0n) is 23.1. The summed E-state index contributed by atoms with van der Waals surface area (Å²) >= 11 is 0. The number of hydrogen-bond donors (Lipinski definition) is 2. The van der Waals surface area contributed by atoms with Gasteiger partial charge in [0.15, 0.2) is 5.78 Å². The number of hydrogen-bond acceptors (Lipinski definition) is 4. The number of benzene rings is 1. The Morgan fingerprint density at radius 1 is 1.20 bits per heavy atom. The number of phenolic OH excluding ortho intramolecular Hbond substituents is 2. The van der Waals surface area contributed by atoms with E-state index in [4.69, 9.17) is 4.74 Å². The lowest BCUT2D eigenvalue weighted by Crippen LogP contribution is -2.39. The normalized spacial score (nSPS) is 26.0. The number of fused-ring (bicyclic) bond motifs is 2. The Balaban J connectivity index is 1.95. The number of phenols is 2. The molecule has 0 aliphatic heterocycles. The zero-order chi connectivity index (χ0) is 26.1. The van der Waals surface area contributed by atoms with E-state index in [2.05, 4.69) is 47.6 Å². The SMILES string of the molecule is CCC(C)C(=O)c1c(OC2CC3CCC2(C)C3(C)C)cc(O)c(CC=C(C)CCC=C(C)C)c1O. The average Bonchev–Trinajstić information content (AvgIpc) is 3.11. The van der Waals surface area contributed by atoms with Crippen molar-refractivity contribution in [3.8, 4) is 17.2 Å². The van der Waals surface area contributed by atoms with E-state index < -0.39 is 0 Å². The third kappa shape index (κ3) is 5.17. The molecule has 2 N–H and O–H groups in total. The van der Waals surface area contributed by atoms with Gasteiger partial charge in [0, 0.05) is 23.0 Å². The molecule has 0 amide bonds. The van der Waals surface area contributed by atoms with Gasteiger partial charge in [0.05, 0.1) is 0 Å². The highest BCUT2D eigenvalue weighted by Crippen LogP contribution is 2.66. The van der Waals surface area contributed by atoms with Gasteiger partial charge in [0.1, 0.15) is 28.9 Å². The molecule has 1 aromatic rings. The minimum absolute atomic E-state index is 0.00338. The molecule has 0 aromatic heterocycles. The second-order valence-electron chi connectivity index (χ2n) is 12.1. The third-order valence-corrected chi connectivity index (χ3v) is 9.38. The first-order valence-electron chi connectivity index (χ1n) is 13.4. The summed E-state index contributed by atoms with van der Waals surface area (Å²) in [5.41, 5.74) is 3.27. The van der Waals surface area contributed by atoms with Crippen molar-refractivity contribution in [3.63, 3.8) is 0 Å². The molecule has 0 heterocycles. The Morgan fingerprint density at radius 2 is 1.89 bits per heavy atom. The minimum Gasteiger partial charge on any atom is -0.507 e. The number of carbonyl (C=O) groups is 1. The van der Waals surface area contributed by atoms with Gasteiger partial charge >= 0.3 is 0 Å². The van der Waals surface area contributed by atoms with Crippen molar-refractivity contribution in [1.29, 1.82) is 0 Å². The number of rotatable bonds is 10. The van der Waals surface area contributed by atoms with Gasteiger partial charge in [-0.1, -0.05) is 57.9 Å². The Bertz CT molecular complexity index is 1010. The lowest BCUT2D eigenvalue weighted by Gasteiger charge is -2.39. The highest BCUT2D eigenvalue weighted by atomic mass is 16.5. The second kappa shape index (κ2) is 10.4. The summed E-state index contributed by atoms with van der Waals surface area (Å²) in [5.74, 6) is 0.400. The van der Waals surface area contributed by atoms with Crippen LogP contribution in [0.15, 0.2) is 29.4 Å². The highest BCUT2D eigenvalue weighted by molar-refractivity contribution is 6.03. The Morgan fingerprint density at radius 3 is 2.43 bits per heavy atom. The first-order valence-corrected chi connectivity index (χ1v) is 13.4. The molecule has 4 heteroatoms. The fourth-order valence-corrected chi connectivity index (χ4v) is 6.07. The summed E-state index contributed by atoms with van der Waals surface area (Å²) in [6, 6.07) is 1.57. The van der Waals surface area contributed by atoms with Crippen LogP contribution in [0.25, 0.3) is 0 Å². The van der Waals surface area contributed by atoms with Gasteiger partial charge in [-0.15, -0.1) is 0 Å². The highest BCUT2D eigenvalue weighted by Gasteiger charge is 2.62. The monoisotopic (exact) mass is 482 g/mol. The summed E-state index contributed by atoms with van der Waals surface area (Å²) in [4.78, 5) is 13.4. The van der Waals surface area contributed by atoms with Crippen LogP contribution in [-0.4, -0.2) is 22.1 Å². The summed E-state index contributed by atoms with van der Waals surface area (Å²) in [6.45, 7) is 17.0. The summed E-state index contributed by atoms with van der Waals surface area (Å²) in [6.07, 6.45) is 10.4. The van der Waals surface area contributed by atoms with Gasteiger partial charge in [-0.05, 0) is 77.0 Å². The molecule has 2 fully saturated rings. The van der Waals surface area contributed by atoms with Gasteiger partial charge in [-0.25, -0.2) is 0 Å². The lowest BCUT2D eigenvalue weighted by molar-refractivity contribution is 0.0292. The predicted molar refractivity (Wildman–Crippen MR) is 143 cm³/mol. The van der Waals surface area contributed by atoms with E-state index in [1.165, 1.54) is 17.6 Å². The number of Topliss-reactive ketones (excluding diaryl/α,β-unsaturated/α-hetero) is 1. The van der Waals surface area contributed by atoms with Crippen LogP contribution in [0, 0.1) is 22.7 Å². The molecule has 1 aromatic carbocycles. The van der Waals surface area contributed by atoms with Crippen molar-refractivity contribution in [1.82, 2.24) is 0 Å². The number of allylic oxidation sites excluding steroid dienone is 4. The van der Waals surface area contributed by atoms with Gasteiger partial charge in [0.25, 0.3) is 0 Å². The van der Waals surface area contributed by atoms with Crippen molar-refractivity contribution in [2.24, 2.45) is 22.7 Å². The van der Waals surface area contributed by atoms with Gasteiger partial charge in [-0.3, -0.25) is 4.79 Å². The topological polar surface area (TPSA) is 66.8 Å². The molecule has 194 valence electrons. The molecule has 4 nitrogen and oxygen atoms in total. The van der Waals surface area contributed by atoms with Crippen molar-refractivity contribution in [2.45, 2.75) is 106 Å². The number of ether oxygens (including phenoxy) is 1. The Kier molecular flexibility index (Phi) is 8.13. The van der Waals surface area contributed by atoms with Gasteiger partial charge in [-0.2, -0.15) is 0 Å². The zero-order valence-corrected chi connectivity index (χ0v) is 23.1. The maximum absolute atomic E-state index is 13.4. The third-order valence-electron chi connectivity index (χ3n) is 9.38. The Hall–Kier alpha value is -2.23. The van der Waals surface area contributed by atoms with Crippen molar-refractivity contribution >= 4 is 5.78 Å². The number of carbonyl (C=O) groups excluding carboxylic acids is 1. The molecule has 2 aliphatic rings. The van der Waals surface area contributed by atoms with E-state index in [0.717, 1.165) is 25.7 Å². The summed E-state index contributed by atoms with van der Waals surface area (Å²) in [7, 11) is 0. The van der Waals surface area contributed by atoms with Gasteiger partial charge < -0.3 is 14.9 Å². The molecule has 2 bridgehead atoms. The number of aromatic hydroxyl groups is 2. The largest absolute Gasteiger partial charge is 0.507 e. The first-order chi connectivity index (χ1) is 16.3. The van der Waals surface area contributed by atoms with E-state index in [9.17, 15) is 15.0 Å². The first kappa shape index (κ1) is 27.4. The molecule has 2 saturated carbocycles. The maximum Gasteiger partial charge on any atom is 0.173 e. The van der Waals surface area contributed by atoms with E-state index in [0.29, 0.717) is 30.1 Å². The molecule has 4 unspecified atom stereocenters. The van der Waals surface area contributed by atoms with Crippen LogP contribution >= 0.6 is 0 Å². The smallest absolute Gasteiger partial charge is 0.173 e. The Labute approximate surface area is 212 Å². The van der Waals surface area contributed by atoms with E-state index in [1.54, 1.807) is 6.07 Å². The van der Waals surface area contributed by atoms with Crippen LogP contribution in [0.5, 0.6) is 17.2 Å².